The van der Waals surface area contributed by atoms with Crippen molar-refractivity contribution in [2.75, 3.05) is 32.8 Å². The first-order chi connectivity index (χ1) is 17.0. The highest BCUT2D eigenvalue weighted by atomic mass is 16.5. The summed E-state index contributed by atoms with van der Waals surface area (Å²) in [6.45, 7) is 4.08. The summed E-state index contributed by atoms with van der Waals surface area (Å²) in [7, 11) is 0. The Bertz CT molecular complexity index is 1040. The molecule has 1 unspecified atom stereocenters. The zero-order valence-corrected chi connectivity index (χ0v) is 20.1. The van der Waals surface area contributed by atoms with Gasteiger partial charge in [0, 0.05) is 39.3 Å². The number of nitrogens with zero attached hydrogens (tertiary/aromatic N) is 3. The van der Waals surface area contributed by atoms with Crippen LogP contribution in [0.4, 0.5) is 0 Å². The summed E-state index contributed by atoms with van der Waals surface area (Å²) < 4.78 is 6.59. The molecule has 2 saturated heterocycles. The lowest BCUT2D eigenvalue weighted by molar-refractivity contribution is -0.148. The Kier molecular flexibility index (Phi) is 6.51. The average Bonchev–Trinajstić information content (AvgIpc) is 3.18. The number of likely N-dealkylation sites (tertiary alicyclic amines) is 1. The van der Waals surface area contributed by atoms with Crippen molar-refractivity contribution >= 4 is 17.7 Å². The second-order valence-electron chi connectivity index (χ2n) is 9.77. The molecule has 0 radical (unpaired) electrons. The number of ether oxygens (including phenoxy) is 1. The van der Waals surface area contributed by atoms with Crippen molar-refractivity contribution in [1.29, 1.82) is 0 Å². The van der Waals surface area contributed by atoms with E-state index in [9.17, 15) is 19.5 Å². The van der Waals surface area contributed by atoms with Crippen molar-refractivity contribution in [3.8, 4) is 0 Å². The number of fused-ring (bicyclic) bond motifs is 2. The maximum atomic E-state index is 14.0. The molecule has 1 N–H and O–H groups in total. The molecule has 8 heteroatoms. The lowest BCUT2D eigenvalue weighted by Crippen LogP contribution is -2.55. The molecule has 1 aromatic rings. The van der Waals surface area contributed by atoms with Crippen LogP contribution in [0.1, 0.15) is 25.3 Å². The Morgan fingerprint density at radius 3 is 2.51 bits per heavy atom. The van der Waals surface area contributed by atoms with Crippen molar-refractivity contribution in [1.82, 2.24) is 14.7 Å². The van der Waals surface area contributed by atoms with Gasteiger partial charge in [0.25, 0.3) is 0 Å². The first-order valence-electron chi connectivity index (χ1n) is 12.6. The highest BCUT2D eigenvalue weighted by molar-refractivity contribution is 5.99. The maximum absolute atomic E-state index is 14.0. The predicted octanol–water partition coefficient (Wildman–Crippen LogP) is 1.36. The molecule has 0 saturated carbocycles. The summed E-state index contributed by atoms with van der Waals surface area (Å²) in [4.78, 5) is 46.7. The fraction of sp³-hybridized carbons (Fsp3) is 0.519. The first-order valence-corrected chi connectivity index (χ1v) is 12.6. The number of amides is 3. The highest BCUT2D eigenvalue weighted by Gasteiger charge is 2.71. The Labute approximate surface area is 205 Å². The Morgan fingerprint density at radius 2 is 1.77 bits per heavy atom. The van der Waals surface area contributed by atoms with E-state index in [-0.39, 0.29) is 30.9 Å². The topological polar surface area (TPSA) is 90.4 Å². The van der Waals surface area contributed by atoms with Gasteiger partial charge < -0.3 is 24.5 Å². The number of aliphatic hydroxyl groups is 1. The van der Waals surface area contributed by atoms with Crippen molar-refractivity contribution in [3.63, 3.8) is 0 Å². The van der Waals surface area contributed by atoms with Gasteiger partial charge in [0.1, 0.15) is 11.6 Å². The fourth-order valence-corrected chi connectivity index (χ4v) is 6.13. The van der Waals surface area contributed by atoms with Crippen LogP contribution >= 0.6 is 0 Å². The lowest BCUT2D eigenvalue weighted by Gasteiger charge is -2.35. The summed E-state index contributed by atoms with van der Waals surface area (Å²) in [5.74, 6) is -1.97. The number of benzene rings is 1. The Morgan fingerprint density at radius 1 is 1.00 bits per heavy atom. The second kappa shape index (κ2) is 9.59. The van der Waals surface area contributed by atoms with Gasteiger partial charge in [0.15, 0.2) is 0 Å². The molecule has 0 aliphatic carbocycles. The van der Waals surface area contributed by atoms with Gasteiger partial charge >= 0.3 is 0 Å². The molecule has 8 nitrogen and oxygen atoms in total. The summed E-state index contributed by atoms with van der Waals surface area (Å²) >= 11 is 0. The minimum Gasteiger partial charge on any atom is -0.396 e. The number of hydrogen-bond donors (Lipinski definition) is 1. The monoisotopic (exact) mass is 479 g/mol. The van der Waals surface area contributed by atoms with Crippen LogP contribution in [0.3, 0.4) is 0 Å². The van der Waals surface area contributed by atoms with Gasteiger partial charge in [-0.25, -0.2) is 0 Å². The Hall–Kier alpha value is -2.97. The molecule has 35 heavy (non-hydrogen) atoms. The molecule has 3 amide bonds. The molecule has 4 heterocycles. The average molecular weight is 480 g/mol. The molecule has 5 atom stereocenters. The van der Waals surface area contributed by atoms with Gasteiger partial charge in [0.2, 0.25) is 17.7 Å². The van der Waals surface area contributed by atoms with E-state index in [1.54, 1.807) is 14.7 Å². The number of rotatable bonds is 7. The van der Waals surface area contributed by atoms with E-state index >= 15 is 0 Å². The fourth-order valence-electron chi connectivity index (χ4n) is 6.13. The first kappa shape index (κ1) is 23.8. The van der Waals surface area contributed by atoms with Crippen LogP contribution in [0.15, 0.2) is 54.6 Å². The standard InChI is InChI=1S/C27H33N3O5/c1-2-13-28-14-6-11-20-21(24(28)32)22-25(33)30(16-8-17-31)23-26(34)29(15-7-12-27(22,23)35-20)18-19-9-4-3-5-10-19/h3-7,9-12,20-23,31H,2,8,13-18H2,1H3/t20-,21+,22-,23?,27-/m0/s1. The third-order valence-corrected chi connectivity index (χ3v) is 7.59. The van der Waals surface area contributed by atoms with E-state index in [2.05, 4.69) is 0 Å². The van der Waals surface area contributed by atoms with Gasteiger partial charge in [-0.2, -0.15) is 0 Å². The lowest BCUT2D eigenvalue weighted by atomic mass is 9.77. The molecule has 4 aliphatic heterocycles. The van der Waals surface area contributed by atoms with Crippen LogP contribution in [0, 0.1) is 11.8 Å². The summed E-state index contributed by atoms with van der Waals surface area (Å²) in [5, 5.41) is 9.49. The third-order valence-electron chi connectivity index (χ3n) is 7.59. The van der Waals surface area contributed by atoms with E-state index in [0.717, 1.165) is 12.0 Å². The molecule has 1 spiro atoms. The predicted molar refractivity (Wildman–Crippen MR) is 129 cm³/mol. The minimum atomic E-state index is -1.21. The molecule has 5 rings (SSSR count). The SMILES string of the molecule is CCCN1CC=C[C@@H]2O[C@]34C=CCN(Cc5ccccc5)C(=O)C3N(CCCO)C(=O)[C@@H]4[C@@H]2C1=O. The molecule has 4 aliphatic rings. The van der Waals surface area contributed by atoms with Gasteiger partial charge in [0.05, 0.1) is 17.9 Å². The zero-order chi connectivity index (χ0) is 24.6. The van der Waals surface area contributed by atoms with Gasteiger partial charge in [-0.3, -0.25) is 14.4 Å². The summed E-state index contributed by atoms with van der Waals surface area (Å²) in [6, 6.07) is 8.88. The largest absolute Gasteiger partial charge is 0.396 e. The molecule has 186 valence electrons. The van der Waals surface area contributed by atoms with Crippen LogP contribution in [0.2, 0.25) is 0 Å². The summed E-state index contributed by atoms with van der Waals surface area (Å²) in [6.07, 6.45) is 8.20. The molecular formula is C27H33N3O5. The maximum Gasteiger partial charge on any atom is 0.249 e. The summed E-state index contributed by atoms with van der Waals surface area (Å²) in [5.41, 5.74) is -0.210. The van der Waals surface area contributed by atoms with E-state index in [1.807, 2.05) is 61.6 Å². The van der Waals surface area contributed by atoms with Crippen molar-refractivity contribution in [2.24, 2.45) is 11.8 Å². The number of carbonyl (C=O) groups excluding carboxylic acids is 3. The molecular weight excluding hydrogens is 446 g/mol. The molecule has 2 fully saturated rings. The number of hydrogen-bond acceptors (Lipinski definition) is 5. The molecule has 1 aromatic carbocycles. The van der Waals surface area contributed by atoms with E-state index < -0.39 is 29.6 Å². The van der Waals surface area contributed by atoms with E-state index in [4.69, 9.17) is 4.74 Å². The van der Waals surface area contributed by atoms with Crippen molar-refractivity contribution in [2.45, 2.75) is 44.1 Å². The Balaban J connectivity index is 1.54. The van der Waals surface area contributed by atoms with Crippen LogP contribution in [-0.4, -0.2) is 88.1 Å². The third kappa shape index (κ3) is 3.89. The molecule has 0 bridgehead atoms. The quantitative estimate of drug-likeness (QED) is 0.597. The van der Waals surface area contributed by atoms with Gasteiger partial charge in [-0.05, 0) is 18.4 Å². The van der Waals surface area contributed by atoms with Crippen molar-refractivity contribution in [3.05, 3.63) is 60.2 Å². The van der Waals surface area contributed by atoms with Crippen LogP contribution in [-0.2, 0) is 25.7 Å². The zero-order valence-electron chi connectivity index (χ0n) is 20.1. The van der Waals surface area contributed by atoms with Crippen LogP contribution in [0.5, 0.6) is 0 Å². The van der Waals surface area contributed by atoms with Crippen LogP contribution in [0.25, 0.3) is 0 Å². The smallest absolute Gasteiger partial charge is 0.249 e. The van der Waals surface area contributed by atoms with E-state index in [0.29, 0.717) is 32.6 Å². The normalized spacial score (nSPS) is 31.9. The van der Waals surface area contributed by atoms with Gasteiger partial charge in [-0.1, -0.05) is 61.6 Å². The van der Waals surface area contributed by atoms with Gasteiger partial charge in [-0.15, -0.1) is 0 Å². The number of aliphatic hydroxyl groups excluding tert-OH is 1. The highest BCUT2D eigenvalue weighted by Crippen LogP contribution is 2.53. The minimum absolute atomic E-state index is 0.0916. The second-order valence-corrected chi connectivity index (χ2v) is 9.77. The van der Waals surface area contributed by atoms with Crippen LogP contribution < -0.4 is 0 Å². The number of carbonyl (C=O) groups is 3. The van der Waals surface area contributed by atoms with Crippen molar-refractivity contribution < 1.29 is 24.2 Å². The molecule has 0 aromatic heterocycles. The van der Waals surface area contributed by atoms with E-state index in [1.165, 1.54) is 0 Å².